The molecule has 0 atom stereocenters. The van der Waals surface area contributed by atoms with Crippen molar-refractivity contribution >= 4 is 46.4 Å². The van der Waals surface area contributed by atoms with Crippen molar-refractivity contribution in [2.75, 3.05) is 0 Å². The van der Waals surface area contributed by atoms with Crippen LogP contribution in [0.15, 0.2) is 108 Å². The van der Waals surface area contributed by atoms with E-state index in [1.54, 1.807) is 0 Å². The Bertz CT molecular complexity index is 1190. The van der Waals surface area contributed by atoms with Gasteiger partial charge in [0.05, 0.1) is 0 Å². The maximum absolute atomic E-state index is 3.87. The number of thioether (sulfide) groups is 2. The van der Waals surface area contributed by atoms with E-state index in [2.05, 4.69) is 98.1 Å². The topological polar surface area (TPSA) is 0 Å². The summed E-state index contributed by atoms with van der Waals surface area (Å²) in [5.41, 5.74) is 4.99. The van der Waals surface area contributed by atoms with Crippen LogP contribution in [0.25, 0.3) is 22.9 Å². The zero-order valence-corrected chi connectivity index (χ0v) is 18.5. The zero-order chi connectivity index (χ0) is 20.8. The first-order chi connectivity index (χ1) is 14.7. The molecule has 2 heteroatoms. The molecule has 0 fully saturated rings. The van der Waals surface area contributed by atoms with Gasteiger partial charge in [-0.05, 0) is 51.2 Å². The highest BCUT2D eigenvalue weighted by atomic mass is 32.2. The Morgan fingerprint density at radius 3 is 1.93 bits per heavy atom. The number of fused-ring (bicyclic) bond motifs is 1. The van der Waals surface area contributed by atoms with Crippen molar-refractivity contribution in [3.8, 4) is 0 Å². The molecular weight excluding hydrogens is 400 g/mol. The number of rotatable bonds is 8. The third-order valence-electron chi connectivity index (χ3n) is 4.99. The minimum atomic E-state index is 0.955. The van der Waals surface area contributed by atoms with E-state index in [-0.39, 0.29) is 0 Å². The Hall–Kier alpha value is -2.68. The molecule has 0 nitrogen and oxygen atoms in total. The summed E-state index contributed by atoms with van der Waals surface area (Å²) in [6.45, 7) is 7.73. The van der Waals surface area contributed by atoms with E-state index in [1.165, 1.54) is 42.8 Å². The highest BCUT2D eigenvalue weighted by molar-refractivity contribution is 7.99. The molecular formula is C28H24S2. The van der Waals surface area contributed by atoms with Gasteiger partial charge in [-0.3, -0.25) is 0 Å². The second kappa shape index (κ2) is 9.88. The van der Waals surface area contributed by atoms with Crippen LogP contribution in [-0.4, -0.2) is 0 Å². The molecule has 0 aromatic heterocycles. The summed E-state index contributed by atoms with van der Waals surface area (Å²) in [5, 5.41) is 2.62. The number of hydrogen-bond acceptors (Lipinski definition) is 2. The molecule has 0 bridgehead atoms. The van der Waals surface area contributed by atoms with Crippen LogP contribution in [0.2, 0.25) is 0 Å². The van der Waals surface area contributed by atoms with Gasteiger partial charge in [0.2, 0.25) is 0 Å². The first kappa shape index (κ1) is 20.6. The lowest BCUT2D eigenvalue weighted by atomic mass is 10.1. The number of hydrogen-bond donors (Lipinski definition) is 0. The average Bonchev–Trinajstić information content (AvgIpc) is 2.81. The van der Waals surface area contributed by atoms with E-state index in [0.717, 1.165) is 11.5 Å². The molecule has 0 aliphatic rings. The minimum Gasteiger partial charge on any atom is -0.121 e. The second-order valence-corrected chi connectivity index (χ2v) is 9.18. The summed E-state index contributed by atoms with van der Waals surface area (Å²) < 4.78 is 0. The Morgan fingerprint density at radius 1 is 0.633 bits per heavy atom. The zero-order valence-electron chi connectivity index (χ0n) is 16.9. The first-order valence-corrected chi connectivity index (χ1v) is 11.9. The van der Waals surface area contributed by atoms with E-state index in [4.69, 9.17) is 0 Å². The Labute approximate surface area is 187 Å². The molecule has 4 rings (SSSR count). The van der Waals surface area contributed by atoms with Crippen molar-refractivity contribution in [3.63, 3.8) is 0 Å². The van der Waals surface area contributed by atoms with Crippen molar-refractivity contribution in [3.05, 3.63) is 120 Å². The molecule has 0 aliphatic carbocycles. The number of benzene rings is 4. The van der Waals surface area contributed by atoms with Crippen molar-refractivity contribution in [1.29, 1.82) is 0 Å². The smallest absolute Gasteiger partial charge is 0.0232 e. The summed E-state index contributed by atoms with van der Waals surface area (Å²) in [7, 11) is 0. The van der Waals surface area contributed by atoms with Gasteiger partial charge in [0.25, 0.3) is 0 Å². The van der Waals surface area contributed by atoms with Crippen LogP contribution >= 0.6 is 23.5 Å². The maximum atomic E-state index is 3.87. The van der Waals surface area contributed by atoms with Crippen molar-refractivity contribution in [2.24, 2.45) is 0 Å². The normalized spacial score (nSPS) is 10.8. The molecule has 4 aromatic rings. The first-order valence-electron chi connectivity index (χ1n) is 9.96. The highest BCUT2D eigenvalue weighted by Gasteiger charge is 2.05. The highest BCUT2D eigenvalue weighted by Crippen LogP contribution is 2.33. The van der Waals surface area contributed by atoms with Crippen LogP contribution in [0.5, 0.6) is 0 Å². The van der Waals surface area contributed by atoms with Crippen LogP contribution in [-0.2, 0) is 11.5 Å². The Morgan fingerprint density at radius 2 is 1.27 bits per heavy atom. The van der Waals surface area contributed by atoms with E-state index in [9.17, 15) is 0 Å². The van der Waals surface area contributed by atoms with Crippen LogP contribution in [0, 0.1) is 0 Å². The predicted octanol–water partition coefficient (Wildman–Crippen LogP) is 8.71. The van der Waals surface area contributed by atoms with Crippen molar-refractivity contribution in [2.45, 2.75) is 21.3 Å². The van der Waals surface area contributed by atoms with Gasteiger partial charge in [0.1, 0.15) is 0 Å². The van der Waals surface area contributed by atoms with Gasteiger partial charge in [-0.25, -0.2) is 0 Å². The second-order valence-electron chi connectivity index (χ2n) is 7.11. The van der Waals surface area contributed by atoms with Gasteiger partial charge in [-0.15, -0.1) is 23.5 Å². The van der Waals surface area contributed by atoms with E-state index >= 15 is 0 Å². The molecule has 0 N–H and O–H groups in total. The molecule has 4 aromatic carbocycles. The summed E-state index contributed by atoms with van der Waals surface area (Å²) in [6, 6.07) is 30.6. The molecule has 0 heterocycles. The third kappa shape index (κ3) is 5.08. The molecule has 30 heavy (non-hydrogen) atoms. The van der Waals surface area contributed by atoms with Gasteiger partial charge in [0.15, 0.2) is 0 Å². The Balaban J connectivity index is 1.48. The Kier molecular flexibility index (Phi) is 6.78. The lowest BCUT2D eigenvalue weighted by molar-refractivity contribution is 1.37. The lowest BCUT2D eigenvalue weighted by Crippen LogP contribution is -1.85. The maximum Gasteiger partial charge on any atom is 0.0232 e. The van der Waals surface area contributed by atoms with E-state index in [0.29, 0.717) is 0 Å². The van der Waals surface area contributed by atoms with Crippen LogP contribution in [0.3, 0.4) is 0 Å². The SMILES string of the molecule is C=Cc1cccc(CSc2ccc3c(SCc4cccc(C=C)c4)cccc3c2)c1. The molecule has 0 amide bonds. The van der Waals surface area contributed by atoms with Crippen molar-refractivity contribution in [1.82, 2.24) is 0 Å². The van der Waals surface area contributed by atoms with Gasteiger partial charge in [0, 0.05) is 21.3 Å². The lowest BCUT2D eigenvalue weighted by Gasteiger charge is -2.09. The minimum absolute atomic E-state index is 0.955. The standard InChI is InChI=1S/C28H24S2/c1-3-21-8-5-10-23(16-21)19-29-26-14-15-27-25(18-26)12-7-13-28(27)30-20-24-11-6-9-22(4-2)17-24/h3-18H,1-2,19-20H2. The third-order valence-corrected chi connectivity index (χ3v) is 7.19. The molecule has 0 saturated heterocycles. The molecule has 0 aliphatic heterocycles. The largest absolute Gasteiger partial charge is 0.121 e. The summed E-state index contributed by atoms with van der Waals surface area (Å²) in [4.78, 5) is 2.62. The molecule has 148 valence electrons. The summed E-state index contributed by atoms with van der Waals surface area (Å²) in [6.07, 6.45) is 3.80. The van der Waals surface area contributed by atoms with Crippen LogP contribution < -0.4 is 0 Å². The molecule has 0 unspecified atom stereocenters. The fraction of sp³-hybridized carbons (Fsp3) is 0.0714. The monoisotopic (exact) mass is 424 g/mol. The fourth-order valence-electron chi connectivity index (χ4n) is 3.40. The fourth-order valence-corrected chi connectivity index (χ4v) is 5.30. The van der Waals surface area contributed by atoms with Gasteiger partial charge in [-0.1, -0.05) is 92.0 Å². The van der Waals surface area contributed by atoms with Gasteiger partial charge in [-0.2, -0.15) is 0 Å². The van der Waals surface area contributed by atoms with Gasteiger partial charge < -0.3 is 0 Å². The quantitative estimate of drug-likeness (QED) is 0.259. The van der Waals surface area contributed by atoms with Crippen molar-refractivity contribution < 1.29 is 0 Å². The molecule has 0 radical (unpaired) electrons. The van der Waals surface area contributed by atoms with Crippen LogP contribution in [0.4, 0.5) is 0 Å². The summed E-state index contributed by atoms with van der Waals surface area (Å²) >= 11 is 3.77. The molecule has 0 spiro atoms. The van der Waals surface area contributed by atoms with Crippen LogP contribution in [0.1, 0.15) is 22.3 Å². The van der Waals surface area contributed by atoms with Gasteiger partial charge >= 0.3 is 0 Å². The predicted molar refractivity (Wildman–Crippen MR) is 136 cm³/mol. The van der Waals surface area contributed by atoms with E-state index in [1.807, 2.05) is 35.7 Å². The summed E-state index contributed by atoms with van der Waals surface area (Å²) in [5.74, 6) is 1.91. The average molecular weight is 425 g/mol. The molecule has 0 saturated carbocycles. The van der Waals surface area contributed by atoms with E-state index < -0.39 is 0 Å².